The number of likely N-dealkylation sites (tertiary alicyclic amines) is 1. The minimum atomic E-state index is -2.11. The van der Waals surface area contributed by atoms with Crippen LogP contribution in [-0.2, 0) is 112 Å². The quantitative estimate of drug-likeness (QED) is 0.00455. The number of aliphatic hydroxyl groups is 1. The zero-order chi connectivity index (χ0) is 73.8. The van der Waals surface area contributed by atoms with E-state index < -0.39 is 16.0 Å². The molecule has 0 aromatic heterocycles. The van der Waals surface area contributed by atoms with Gasteiger partial charge in [-0.3, -0.25) is 39.0 Å². The van der Waals surface area contributed by atoms with Crippen LogP contribution in [0.4, 0.5) is 0 Å². The number of nitrogens with two attached hydrogens (primary N) is 1. The van der Waals surface area contributed by atoms with E-state index in [4.69, 9.17) is 55.7 Å². The molecule has 102 heavy (non-hydrogen) atoms. The molecule has 1 amide bonds. The van der Waals surface area contributed by atoms with Crippen LogP contribution < -0.4 is 32.6 Å². The van der Waals surface area contributed by atoms with Crippen molar-refractivity contribution in [2.45, 2.75) is 169 Å². The van der Waals surface area contributed by atoms with Gasteiger partial charge in [0.2, 0.25) is 5.91 Å². The summed E-state index contributed by atoms with van der Waals surface area (Å²) < 4.78 is 36.1. The Balaban J connectivity index is 0.00000122. The van der Waals surface area contributed by atoms with Crippen molar-refractivity contribution in [3.8, 4) is 0 Å². The SMILES string of the molecule is C.CCOC(=O)[C@@H]1CCC(=NOCc2ccccc2)CN1.CCOC(=O)[C@@H]1CCC(=O)N1C.CCOC(=O)[C@@H]1CC[C@@H](NOCc2ccccc2)CN1.CCOC(=O)[C@H](CC/C(O)=C/[S+](C)(C)=O)NC.CCOC(=O)[C@H](CCC(CCl)=NOCc1ccccc1)NC.Cl.NOCc1ccccc1. The lowest BCUT2D eigenvalue weighted by molar-refractivity contribution is -0.150. The van der Waals surface area contributed by atoms with Crippen LogP contribution in [0, 0.1) is 0 Å². The third kappa shape index (κ3) is 42.9. The first kappa shape index (κ1) is 94.6. The summed E-state index contributed by atoms with van der Waals surface area (Å²) in [7, 11) is 2.91. The zero-order valence-electron chi connectivity index (χ0n) is 60.2. The Morgan fingerprint density at radius 1 is 0.637 bits per heavy atom. The van der Waals surface area contributed by atoms with Gasteiger partial charge in [0, 0.05) is 39.0 Å². The maximum absolute atomic E-state index is 11.7. The molecule has 26 nitrogen and oxygen atoms in total. The number of hydroxylamine groups is 1. The lowest BCUT2D eigenvalue weighted by Crippen LogP contribution is -2.51. The number of amides is 1. The second-order valence-electron chi connectivity index (χ2n) is 22.9. The fourth-order valence-corrected chi connectivity index (χ4v) is 10.3. The Kier molecular flexibility index (Phi) is 53.8. The van der Waals surface area contributed by atoms with E-state index in [0.717, 1.165) is 47.2 Å². The summed E-state index contributed by atoms with van der Waals surface area (Å²) in [5.41, 5.74) is 9.05. The van der Waals surface area contributed by atoms with Gasteiger partial charge in [-0.05, 0) is 122 Å². The summed E-state index contributed by atoms with van der Waals surface area (Å²) in [6.45, 7) is 14.0. The van der Waals surface area contributed by atoms with E-state index >= 15 is 0 Å². The number of ether oxygens (including phenoxy) is 5. The van der Waals surface area contributed by atoms with Gasteiger partial charge in [0.25, 0.3) is 0 Å². The van der Waals surface area contributed by atoms with Gasteiger partial charge in [-0.15, -0.1) is 28.2 Å². The Labute approximate surface area is 616 Å². The van der Waals surface area contributed by atoms with Crippen LogP contribution in [0.5, 0.6) is 0 Å². The van der Waals surface area contributed by atoms with Crippen LogP contribution in [0.15, 0.2) is 143 Å². The number of benzene rings is 4. The molecule has 3 saturated heterocycles. The Morgan fingerprint density at radius 3 is 1.49 bits per heavy atom. The maximum atomic E-state index is 11.7. The number of nitrogens with zero attached hydrogens (tertiary/aromatic N) is 3. The highest BCUT2D eigenvalue weighted by Crippen LogP contribution is 2.18. The van der Waals surface area contributed by atoms with Gasteiger partial charge < -0.3 is 59.3 Å². The molecule has 6 atom stereocenters. The lowest BCUT2D eigenvalue weighted by Gasteiger charge is -2.28. The van der Waals surface area contributed by atoms with E-state index in [9.17, 15) is 38.1 Å². The average molecular weight is 1490 g/mol. The standard InChI is InChI=1S/C16H23ClN2O3.C15H22N2O3.C15H20N2O3.C11H21NO4S.C8H13NO3.C7H9NO.CH4.ClH/c1-3-21-16(20)15(18-2)10-9-14(11-17)19-22-12-13-7-5-4-6-8-13;2*1-2-19-15(18)14-9-8-13(10-16-14)17-20-11-12-6-4-3-5-7-12;1-5-16-11(14)10(12-2)7-6-9(13)8-17(3,4)15;1-3-12-8(11)6-4-5-7(10)9(6)2;8-9-6-7-4-2-1-3-5-7;;/h4-8,15,18H,3,9-12H2,1-2H3;3-7,13-14,16-17H,2,8-11H2,1H3;3-7,14,16H,2,8-11H2,1H3;8,10,12H,5-7H2,1-4H3;6H,3-5H2,1-2H3;1-5H,6,8H2;1H4;1H/p+1/t15-;13-,14+;14-;10-;6-;;;/m01000.../s1. The fraction of sp³-hybridized carbons (Fsp3) is 0.534. The Bertz CT molecular complexity index is 3040. The molecule has 3 aliphatic rings. The molecule has 0 aliphatic carbocycles. The van der Waals surface area contributed by atoms with Gasteiger partial charge in [-0.1, -0.05) is 139 Å². The average Bonchev–Trinajstić information content (AvgIpc) is 1.65. The summed E-state index contributed by atoms with van der Waals surface area (Å²) in [6.07, 6.45) is 9.10. The number of halogens is 2. The first-order valence-electron chi connectivity index (χ1n) is 33.7. The second-order valence-corrected chi connectivity index (χ2v) is 26.0. The molecule has 29 heteroatoms. The van der Waals surface area contributed by atoms with Crippen molar-refractivity contribution in [3.05, 3.63) is 155 Å². The smallest absolute Gasteiger partial charge is 0.328 e. The highest BCUT2D eigenvalue weighted by Gasteiger charge is 2.34. The number of hydrogen-bond donors (Lipinski definition) is 7. The van der Waals surface area contributed by atoms with E-state index in [1.54, 1.807) is 54.4 Å². The van der Waals surface area contributed by atoms with Crippen LogP contribution in [-0.4, -0.2) is 179 Å². The number of aliphatic hydroxyl groups excluding tert-OH is 1. The number of hydrogen-bond acceptors (Lipinski definition) is 25. The van der Waals surface area contributed by atoms with Gasteiger partial charge in [0.1, 0.15) is 71.6 Å². The fourth-order valence-electron chi connectivity index (χ4n) is 9.39. The van der Waals surface area contributed by atoms with E-state index in [-0.39, 0.29) is 97.4 Å². The predicted octanol–water partition coefficient (Wildman–Crippen LogP) is 9.38. The number of likely N-dealkylation sites (N-methyl/N-ethyl adjacent to an activating group) is 3. The second kappa shape index (κ2) is 58.0. The summed E-state index contributed by atoms with van der Waals surface area (Å²) >= 11 is 5.87. The zero-order valence-corrected chi connectivity index (χ0v) is 62.6. The molecular formula is C73H114Cl2N9O17S+. The summed E-state index contributed by atoms with van der Waals surface area (Å²) in [5.74, 6) is 3.98. The molecule has 3 heterocycles. The molecule has 0 bridgehead atoms. The maximum Gasteiger partial charge on any atom is 0.328 e. The van der Waals surface area contributed by atoms with Crippen molar-refractivity contribution in [1.29, 1.82) is 0 Å². The van der Waals surface area contributed by atoms with Crippen molar-refractivity contribution >= 4 is 81.1 Å². The predicted molar refractivity (Wildman–Crippen MR) is 401 cm³/mol. The summed E-state index contributed by atoms with van der Waals surface area (Å²) in [6, 6.07) is 38.2. The molecule has 0 unspecified atom stereocenters. The molecule has 0 radical (unpaired) electrons. The number of rotatable bonds is 32. The normalized spacial score (nSPS) is 17.2. The molecular weight excluding hydrogens is 1380 g/mol. The first-order valence-corrected chi connectivity index (χ1v) is 36.7. The number of carbonyl (C=O) groups excluding carboxylic acids is 6. The summed E-state index contributed by atoms with van der Waals surface area (Å²) in [5, 5.41) is 31.1. The molecule has 0 spiro atoms. The van der Waals surface area contributed by atoms with Crippen LogP contribution in [0.3, 0.4) is 0 Å². The number of esters is 5. The molecule has 3 aliphatic heterocycles. The number of piperidine rings is 2. The van der Waals surface area contributed by atoms with Crippen LogP contribution in [0.2, 0.25) is 0 Å². The third-order valence-electron chi connectivity index (χ3n) is 14.7. The van der Waals surface area contributed by atoms with Crippen molar-refractivity contribution in [2.24, 2.45) is 16.2 Å². The monoisotopic (exact) mass is 1490 g/mol. The summed E-state index contributed by atoms with van der Waals surface area (Å²) in [4.78, 5) is 90.5. The molecule has 572 valence electrons. The van der Waals surface area contributed by atoms with Crippen molar-refractivity contribution in [2.75, 3.05) is 85.7 Å². The van der Waals surface area contributed by atoms with E-state index in [2.05, 4.69) is 41.9 Å². The largest absolute Gasteiger partial charge is 0.508 e. The third-order valence-corrected chi connectivity index (χ3v) is 15.8. The number of oxime groups is 2. The van der Waals surface area contributed by atoms with Gasteiger partial charge >= 0.3 is 29.8 Å². The number of carbonyl (C=O) groups is 6. The van der Waals surface area contributed by atoms with Crippen LogP contribution in [0.25, 0.3) is 0 Å². The molecule has 4 aromatic rings. The van der Waals surface area contributed by atoms with Crippen molar-refractivity contribution in [3.63, 3.8) is 0 Å². The highest BCUT2D eigenvalue weighted by molar-refractivity contribution is 8.04. The molecule has 8 N–H and O–H groups in total. The molecule has 4 aromatic carbocycles. The van der Waals surface area contributed by atoms with Gasteiger partial charge in [-0.25, -0.2) is 10.7 Å². The van der Waals surface area contributed by atoms with Crippen LogP contribution >= 0.6 is 24.0 Å². The van der Waals surface area contributed by atoms with Crippen molar-refractivity contribution < 1.29 is 81.1 Å². The van der Waals surface area contributed by atoms with E-state index in [1.807, 2.05) is 135 Å². The number of alkyl halides is 1. The topological polar surface area (TPSA) is 337 Å². The Morgan fingerprint density at radius 2 is 1.09 bits per heavy atom. The van der Waals surface area contributed by atoms with Gasteiger partial charge in [0.05, 0.1) is 63.6 Å². The van der Waals surface area contributed by atoms with Gasteiger partial charge in [0.15, 0.2) is 5.41 Å². The number of allylic oxidation sites excluding steroid dienone is 1. The lowest BCUT2D eigenvalue weighted by atomic mass is 10.0. The van der Waals surface area contributed by atoms with Crippen molar-refractivity contribution in [1.82, 2.24) is 31.6 Å². The van der Waals surface area contributed by atoms with Crippen LogP contribution in [0.1, 0.15) is 129 Å². The van der Waals surface area contributed by atoms with E-state index in [0.29, 0.717) is 123 Å². The number of nitrogens with one attached hydrogen (secondary N) is 5. The molecule has 7 rings (SSSR count). The highest BCUT2D eigenvalue weighted by atomic mass is 35.5. The first-order chi connectivity index (χ1) is 48.2. The Hall–Kier alpha value is -7.41. The van der Waals surface area contributed by atoms with Gasteiger partial charge in [-0.2, -0.15) is 5.48 Å². The minimum Gasteiger partial charge on any atom is -0.508 e. The molecule has 3 fully saturated rings. The molecule has 0 saturated carbocycles. The van der Waals surface area contributed by atoms with E-state index in [1.165, 1.54) is 10.3 Å². The minimum absolute atomic E-state index is 0.